The molecular formula is C26H32N2O3. The zero-order valence-electron chi connectivity index (χ0n) is 18.7. The fourth-order valence-electron chi connectivity index (χ4n) is 4.49. The highest BCUT2D eigenvalue weighted by molar-refractivity contribution is 5.99. The molecule has 2 heterocycles. The molecule has 0 bridgehead atoms. The van der Waals surface area contributed by atoms with Gasteiger partial charge in [0.2, 0.25) is 0 Å². The summed E-state index contributed by atoms with van der Waals surface area (Å²) in [5.41, 5.74) is 4.11. The molecule has 1 aliphatic rings. The highest BCUT2D eigenvalue weighted by atomic mass is 16.5. The van der Waals surface area contributed by atoms with Crippen molar-refractivity contribution in [3.05, 3.63) is 64.9 Å². The second-order valence-corrected chi connectivity index (χ2v) is 8.34. The number of hydrogen-bond donors (Lipinski definition) is 1. The summed E-state index contributed by atoms with van der Waals surface area (Å²) < 4.78 is 11.2. The van der Waals surface area contributed by atoms with Crippen molar-refractivity contribution in [3.8, 4) is 5.75 Å². The summed E-state index contributed by atoms with van der Waals surface area (Å²) >= 11 is 0. The van der Waals surface area contributed by atoms with E-state index in [9.17, 15) is 4.79 Å². The molecule has 1 aromatic heterocycles. The van der Waals surface area contributed by atoms with Crippen molar-refractivity contribution >= 4 is 16.9 Å². The predicted octanol–water partition coefficient (Wildman–Crippen LogP) is 5.27. The molecule has 1 atom stereocenters. The summed E-state index contributed by atoms with van der Waals surface area (Å²) in [7, 11) is 1.68. The molecule has 3 aromatic rings. The monoisotopic (exact) mass is 420 g/mol. The molecule has 1 N–H and O–H groups in total. The minimum atomic E-state index is -0.151. The number of rotatable bonds is 7. The largest absolute Gasteiger partial charge is 0.497 e. The van der Waals surface area contributed by atoms with Crippen LogP contribution in [0.15, 0.2) is 46.9 Å². The maximum Gasteiger partial charge on any atom is 0.287 e. The molecule has 1 amide bonds. The lowest BCUT2D eigenvalue weighted by Crippen LogP contribution is -2.40. The molecule has 0 unspecified atom stereocenters. The van der Waals surface area contributed by atoms with E-state index >= 15 is 0 Å². The van der Waals surface area contributed by atoms with Gasteiger partial charge in [-0.2, -0.15) is 0 Å². The zero-order chi connectivity index (χ0) is 21.8. The van der Waals surface area contributed by atoms with Crippen molar-refractivity contribution in [2.75, 3.05) is 26.7 Å². The number of aryl methyl sites for hydroxylation is 2. The molecule has 5 heteroatoms. The van der Waals surface area contributed by atoms with E-state index in [0.717, 1.165) is 41.8 Å². The van der Waals surface area contributed by atoms with Crippen LogP contribution in [0.4, 0.5) is 0 Å². The number of methoxy groups -OCH3 is 1. The topological polar surface area (TPSA) is 54.7 Å². The summed E-state index contributed by atoms with van der Waals surface area (Å²) in [5, 5.41) is 4.17. The summed E-state index contributed by atoms with van der Waals surface area (Å²) in [6.07, 6.45) is 4.63. The Morgan fingerprint density at radius 3 is 2.55 bits per heavy atom. The number of carbonyl (C=O) groups is 1. The van der Waals surface area contributed by atoms with Crippen LogP contribution in [0.25, 0.3) is 11.0 Å². The van der Waals surface area contributed by atoms with E-state index in [1.54, 1.807) is 7.11 Å². The van der Waals surface area contributed by atoms with Gasteiger partial charge in [-0.25, -0.2) is 0 Å². The quantitative estimate of drug-likeness (QED) is 0.566. The van der Waals surface area contributed by atoms with Gasteiger partial charge in [-0.05, 0) is 74.7 Å². The lowest BCUT2D eigenvalue weighted by Gasteiger charge is -2.35. The number of benzene rings is 2. The first kappa shape index (κ1) is 21.4. The second kappa shape index (κ2) is 9.56. The number of carbonyl (C=O) groups excluding carboxylic acids is 1. The van der Waals surface area contributed by atoms with Crippen molar-refractivity contribution < 1.29 is 13.9 Å². The third-order valence-electron chi connectivity index (χ3n) is 6.40. The third-order valence-corrected chi connectivity index (χ3v) is 6.40. The van der Waals surface area contributed by atoms with Gasteiger partial charge < -0.3 is 14.5 Å². The number of nitrogens with one attached hydrogen (secondary N) is 1. The van der Waals surface area contributed by atoms with Crippen LogP contribution >= 0.6 is 0 Å². The molecule has 0 spiro atoms. The smallest absolute Gasteiger partial charge is 0.287 e. The van der Waals surface area contributed by atoms with E-state index in [1.165, 1.54) is 30.4 Å². The fourth-order valence-corrected chi connectivity index (χ4v) is 4.49. The van der Waals surface area contributed by atoms with Crippen molar-refractivity contribution in [2.24, 2.45) is 0 Å². The Hall–Kier alpha value is -2.79. The number of amides is 1. The molecule has 1 saturated heterocycles. The van der Waals surface area contributed by atoms with Crippen molar-refractivity contribution in [3.63, 3.8) is 0 Å². The van der Waals surface area contributed by atoms with Crippen LogP contribution in [0.2, 0.25) is 0 Å². The second-order valence-electron chi connectivity index (χ2n) is 8.34. The minimum absolute atomic E-state index is 0.131. The summed E-state index contributed by atoms with van der Waals surface area (Å²) in [6, 6.07) is 14.5. The number of hydrogen-bond acceptors (Lipinski definition) is 4. The first-order valence-electron chi connectivity index (χ1n) is 11.3. The lowest BCUT2D eigenvalue weighted by molar-refractivity contribution is 0.0898. The minimum Gasteiger partial charge on any atom is -0.497 e. The predicted molar refractivity (Wildman–Crippen MR) is 124 cm³/mol. The Morgan fingerprint density at radius 1 is 1.13 bits per heavy atom. The van der Waals surface area contributed by atoms with Crippen LogP contribution in [-0.4, -0.2) is 37.6 Å². The summed E-state index contributed by atoms with van der Waals surface area (Å²) in [6.45, 7) is 6.74. The number of nitrogens with zero attached hydrogens (tertiary/aromatic N) is 1. The molecule has 0 radical (unpaired) electrons. The van der Waals surface area contributed by atoms with Crippen molar-refractivity contribution in [2.45, 2.75) is 45.6 Å². The van der Waals surface area contributed by atoms with Gasteiger partial charge in [0.1, 0.15) is 11.3 Å². The Labute approximate surface area is 184 Å². The van der Waals surface area contributed by atoms with Gasteiger partial charge >= 0.3 is 0 Å². The van der Waals surface area contributed by atoms with E-state index in [0.29, 0.717) is 12.3 Å². The van der Waals surface area contributed by atoms with E-state index in [4.69, 9.17) is 9.15 Å². The van der Waals surface area contributed by atoms with E-state index < -0.39 is 0 Å². The Bertz CT molecular complexity index is 1030. The molecule has 0 saturated carbocycles. The molecule has 4 rings (SSSR count). The molecule has 164 valence electrons. The van der Waals surface area contributed by atoms with Crippen LogP contribution in [0.5, 0.6) is 5.75 Å². The summed E-state index contributed by atoms with van der Waals surface area (Å²) in [4.78, 5) is 15.5. The molecule has 31 heavy (non-hydrogen) atoms. The van der Waals surface area contributed by atoms with Gasteiger partial charge in [-0.3, -0.25) is 9.69 Å². The lowest BCUT2D eigenvalue weighted by atomic mass is 10.0. The van der Waals surface area contributed by atoms with Gasteiger partial charge in [-0.15, -0.1) is 0 Å². The zero-order valence-corrected chi connectivity index (χ0v) is 18.7. The summed E-state index contributed by atoms with van der Waals surface area (Å²) in [5.74, 6) is 1.10. The molecule has 2 aromatic carbocycles. The van der Waals surface area contributed by atoms with Crippen molar-refractivity contribution in [1.29, 1.82) is 0 Å². The molecular weight excluding hydrogens is 388 g/mol. The van der Waals surface area contributed by atoms with Crippen LogP contribution in [0.3, 0.4) is 0 Å². The average molecular weight is 421 g/mol. The third kappa shape index (κ3) is 4.62. The first-order valence-corrected chi connectivity index (χ1v) is 11.3. The number of piperidine rings is 1. The normalized spacial score (nSPS) is 15.7. The van der Waals surface area contributed by atoms with Gasteiger partial charge in [0.05, 0.1) is 13.2 Å². The van der Waals surface area contributed by atoms with Gasteiger partial charge in [-0.1, -0.05) is 31.5 Å². The molecule has 5 nitrogen and oxygen atoms in total. The molecule has 1 fully saturated rings. The van der Waals surface area contributed by atoms with E-state index in [-0.39, 0.29) is 11.9 Å². The Morgan fingerprint density at radius 2 is 1.87 bits per heavy atom. The van der Waals surface area contributed by atoms with E-state index in [2.05, 4.69) is 41.4 Å². The number of furan rings is 1. The van der Waals surface area contributed by atoms with E-state index in [1.807, 2.05) is 25.1 Å². The Kier molecular flexibility index (Phi) is 6.62. The molecule has 1 aliphatic heterocycles. The van der Waals surface area contributed by atoms with Crippen LogP contribution in [-0.2, 0) is 6.42 Å². The number of likely N-dealkylation sites (tertiary alicyclic amines) is 1. The standard InChI is InChI=1S/C26H32N2O3/c1-4-19-8-13-24-22(16-19)18(2)25(31-24)26(29)27-17-23(28-14-6-5-7-15-28)20-9-11-21(30-3)12-10-20/h8-13,16,23H,4-7,14-15,17H2,1-3H3,(H,27,29)/t23-/m0/s1. The SMILES string of the molecule is CCc1ccc2oc(C(=O)NC[C@@H](c3ccc(OC)cc3)N3CCCCC3)c(C)c2c1. The highest BCUT2D eigenvalue weighted by Gasteiger charge is 2.25. The number of fused-ring (bicyclic) bond motifs is 1. The maximum absolute atomic E-state index is 13.1. The fraction of sp³-hybridized carbons (Fsp3) is 0.423. The Balaban J connectivity index is 1.54. The average Bonchev–Trinajstić information content (AvgIpc) is 3.16. The first-order chi connectivity index (χ1) is 15.1. The number of ether oxygens (including phenoxy) is 1. The van der Waals surface area contributed by atoms with Gasteiger partial charge in [0, 0.05) is 17.5 Å². The van der Waals surface area contributed by atoms with Crippen LogP contribution in [0.1, 0.15) is 59.5 Å². The highest BCUT2D eigenvalue weighted by Crippen LogP contribution is 2.28. The van der Waals surface area contributed by atoms with Crippen molar-refractivity contribution in [1.82, 2.24) is 10.2 Å². The van der Waals surface area contributed by atoms with Gasteiger partial charge in [0.25, 0.3) is 5.91 Å². The van der Waals surface area contributed by atoms with Crippen LogP contribution in [0, 0.1) is 6.92 Å². The maximum atomic E-state index is 13.1. The van der Waals surface area contributed by atoms with Crippen LogP contribution < -0.4 is 10.1 Å². The molecule has 0 aliphatic carbocycles. The van der Waals surface area contributed by atoms with Gasteiger partial charge in [0.15, 0.2) is 5.76 Å².